The number of nitrogens with one attached hydrogen (secondary N) is 1. The molecule has 0 radical (unpaired) electrons. The molecule has 6 heteroatoms. The Labute approximate surface area is 104 Å². The van der Waals surface area contributed by atoms with Gasteiger partial charge in [-0.3, -0.25) is 9.59 Å². The van der Waals surface area contributed by atoms with E-state index in [4.69, 9.17) is 5.11 Å². The second-order valence-corrected chi connectivity index (χ2v) is 4.94. The van der Waals surface area contributed by atoms with Crippen molar-refractivity contribution in [1.29, 1.82) is 0 Å². The number of unbranched alkanes of at least 4 members (excludes halogenated alkanes) is 2. The number of rotatable bonds is 7. The molecule has 1 aromatic rings. The van der Waals surface area contributed by atoms with Crippen molar-refractivity contribution in [3.8, 4) is 0 Å². The third-order valence-electron chi connectivity index (χ3n) is 2.20. The second kappa shape index (κ2) is 7.01. The van der Waals surface area contributed by atoms with Gasteiger partial charge >= 0.3 is 5.97 Å². The highest BCUT2D eigenvalue weighted by atomic mass is 32.1. The van der Waals surface area contributed by atoms with Gasteiger partial charge in [0.25, 0.3) is 5.91 Å². The van der Waals surface area contributed by atoms with E-state index in [1.807, 2.05) is 6.92 Å². The van der Waals surface area contributed by atoms with E-state index in [2.05, 4.69) is 10.3 Å². The van der Waals surface area contributed by atoms with Gasteiger partial charge in [0.2, 0.25) is 0 Å². The van der Waals surface area contributed by atoms with Gasteiger partial charge in [0, 0.05) is 13.0 Å². The van der Waals surface area contributed by atoms with Crippen LogP contribution in [0.25, 0.3) is 0 Å². The van der Waals surface area contributed by atoms with E-state index < -0.39 is 5.97 Å². The van der Waals surface area contributed by atoms with Crippen molar-refractivity contribution in [3.05, 3.63) is 16.1 Å². The molecule has 0 aliphatic rings. The summed E-state index contributed by atoms with van der Waals surface area (Å²) in [5.74, 6) is -0.872. The number of aromatic nitrogens is 1. The van der Waals surface area contributed by atoms with Crippen LogP contribution in [0.3, 0.4) is 0 Å². The van der Waals surface area contributed by atoms with Crippen LogP contribution >= 0.6 is 11.3 Å². The molecule has 0 saturated heterocycles. The second-order valence-electron chi connectivity index (χ2n) is 3.70. The number of carboxylic acid groups (broad SMARTS) is 1. The van der Waals surface area contributed by atoms with Gasteiger partial charge in [-0.2, -0.15) is 0 Å². The van der Waals surface area contributed by atoms with Crippen LogP contribution in [0.4, 0.5) is 0 Å². The number of hydrogen-bond donors (Lipinski definition) is 2. The molecule has 0 aliphatic heterocycles. The monoisotopic (exact) mass is 256 g/mol. The van der Waals surface area contributed by atoms with Gasteiger partial charge in [-0.15, -0.1) is 11.3 Å². The zero-order chi connectivity index (χ0) is 12.7. The fraction of sp³-hybridized carbons (Fsp3) is 0.545. The first kappa shape index (κ1) is 13.6. The van der Waals surface area contributed by atoms with Crippen molar-refractivity contribution in [2.45, 2.75) is 32.6 Å². The van der Waals surface area contributed by atoms with Crippen LogP contribution in [-0.4, -0.2) is 28.5 Å². The summed E-state index contributed by atoms with van der Waals surface area (Å²) >= 11 is 1.37. The molecule has 1 heterocycles. The molecule has 1 amide bonds. The fourth-order valence-corrected chi connectivity index (χ4v) is 2.03. The van der Waals surface area contributed by atoms with Gasteiger partial charge in [-0.05, 0) is 19.8 Å². The summed E-state index contributed by atoms with van der Waals surface area (Å²) in [6.07, 6.45) is 4.04. The van der Waals surface area contributed by atoms with E-state index in [0.717, 1.165) is 17.8 Å². The van der Waals surface area contributed by atoms with Crippen LogP contribution in [0.1, 0.15) is 40.4 Å². The molecule has 0 unspecified atom stereocenters. The first-order chi connectivity index (χ1) is 8.09. The Morgan fingerprint density at radius 2 is 2.18 bits per heavy atom. The maximum atomic E-state index is 11.6. The van der Waals surface area contributed by atoms with Crippen molar-refractivity contribution in [2.24, 2.45) is 0 Å². The number of carbonyl (C=O) groups excluding carboxylic acids is 1. The summed E-state index contributed by atoms with van der Waals surface area (Å²) in [6.45, 7) is 2.43. The quantitative estimate of drug-likeness (QED) is 0.729. The zero-order valence-corrected chi connectivity index (χ0v) is 10.5. The fourth-order valence-electron chi connectivity index (χ4n) is 1.33. The van der Waals surface area contributed by atoms with Gasteiger partial charge in [-0.1, -0.05) is 6.42 Å². The molecule has 17 heavy (non-hydrogen) atoms. The number of carboxylic acids is 1. The summed E-state index contributed by atoms with van der Waals surface area (Å²) in [4.78, 5) is 26.4. The molecule has 94 valence electrons. The van der Waals surface area contributed by atoms with Crippen LogP contribution in [-0.2, 0) is 4.79 Å². The number of hydrogen-bond acceptors (Lipinski definition) is 4. The van der Waals surface area contributed by atoms with Crippen LogP contribution in [0.5, 0.6) is 0 Å². The molecule has 2 N–H and O–H groups in total. The Hall–Kier alpha value is -1.43. The predicted octanol–water partition coefficient (Wildman–Crippen LogP) is 1.83. The first-order valence-corrected chi connectivity index (χ1v) is 6.33. The average molecular weight is 256 g/mol. The lowest BCUT2D eigenvalue weighted by molar-refractivity contribution is -0.137. The minimum Gasteiger partial charge on any atom is -0.481 e. The maximum Gasteiger partial charge on any atom is 0.303 e. The smallest absolute Gasteiger partial charge is 0.303 e. The minimum atomic E-state index is -0.769. The van der Waals surface area contributed by atoms with Crippen LogP contribution < -0.4 is 5.32 Å². The average Bonchev–Trinajstić information content (AvgIpc) is 2.69. The van der Waals surface area contributed by atoms with E-state index in [-0.39, 0.29) is 12.3 Å². The molecule has 0 spiro atoms. The normalized spacial score (nSPS) is 10.2. The lowest BCUT2D eigenvalue weighted by Crippen LogP contribution is -2.23. The third-order valence-corrected chi connectivity index (χ3v) is 3.11. The van der Waals surface area contributed by atoms with Crippen LogP contribution in [0.2, 0.25) is 0 Å². The highest BCUT2D eigenvalue weighted by molar-refractivity contribution is 7.13. The lowest BCUT2D eigenvalue weighted by atomic mass is 10.2. The molecule has 0 bridgehead atoms. The summed E-state index contributed by atoms with van der Waals surface area (Å²) in [6, 6.07) is 0. The highest BCUT2D eigenvalue weighted by Crippen LogP contribution is 2.10. The van der Waals surface area contributed by atoms with E-state index in [1.165, 1.54) is 11.3 Å². The Bertz CT molecular complexity index is 390. The van der Waals surface area contributed by atoms with Gasteiger partial charge in [0.15, 0.2) is 0 Å². The Balaban J connectivity index is 2.11. The summed E-state index contributed by atoms with van der Waals surface area (Å²) in [7, 11) is 0. The molecular formula is C11H16N2O3S. The SMILES string of the molecule is Cc1ncc(C(=O)NCCCCCC(=O)O)s1. The molecular weight excluding hydrogens is 240 g/mol. The van der Waals surface area contributed by atoms with Gasteiger partial charge in [0.1, 0.15) is 4.88 Å². The highest BCUT2D eigenvalue weighted by Gasteiger charge is 2.07. The molecule has 0 aliphatic carbocycles. The van der Waals surface area contributed by atoms with Crippen molar-refractivity contribution in [2.75, 3.05) is 6.54 Å². The largest absolute Gasteiger partial charge is 0.481 e. The summed E-state index contributed by atoms with van der Waals surface area (Å²) in [5.41, 5.74) is 0. The summed E-state index contributed by atoms with van der Waals surface area (Å²) < 4.78 is 0. The van der Waals surface area contributed by atoms with E-state index in [9.17, 15) is 9.59 Å². The third kappa shape index (κ3) is 5.44. The number of thiazole rings is 1. The molecule has 1 aromatic heterocycles. The first-order valence-electron chi connectivity index (χ1n) is 5.52. The van der Waals surface area contributed by atoms with Gasteiger partial charge in [0.05, 0.1) is 11.2 Å². The Kier molecular flexibility index (Phi) is 5.62. The van der Waals surface area contributed by atoms with Crippen LogP contribution in [0.15, 0.2) is 6.20 Å². The predicted molar refractivity (Wildman–Crippen MR) is 65.3 cm³/mol. The van der Waals surface area contributed by atoms with Gasteiger partial charge < -0.3 is 10.4 Å². The molecule has 0 aromatic carbocycles. The standard InChI is InChI=1S/C11H16N2O3S/c1-8-13-7-9(17-8)11(16)12-6-4-2-3-5-10(14)15/h7H,2-6H2,1H3,(H,12,16)(H,14,15). The number of amides is 1. The molecule has 5 nitrogen and oxygen atoms in total. The number of aryl methyl sites for hydroxylation is 1. The molecule has 1 rings (SSSR count). The maximum absolute atomic E-state index is 11.6. The van der Waals surface area contributed by atoms with E-state index in [1.54, 1.807) is 6.20 Å². The summed E-state index contributed by atoms with van der Waals surface area (Å²) in [5, 5.41) is 12.1. The number of aliphatic carboxylic acids is 1. The lowest BCUT2D eigenvalue weighted by Gasteiger charge is -2.02. The molecule has 0 saturated carbocycles. The van der Waals surface area contributed by atoms with E-state index >= 15 is 0 Å². The minimum absolute atomic E-state index is 0.103. The molecule has 0 fully saturated rings. The van der Waals surface area contributed by atoms with Crippen molar-refractivity contribution < 1.29 is 14.7 Å². The van der Waals surface area contributed by atoms with Crippen molar-refractivity contribution in [3.63, 3.8) is 0 Å². The van der Waals surface area contributed by atoms with Crippen LogP contribution in [0, 0.1) is 6.92 Å². The van der Waals surface area contributed by atoms with Gasteiger partial charge in [-0.25, -0.2) is 4.98 Å². The molecule has 0 atom stereocenters. The van der Waals surface area contributed by atoms with Crippen molar-refractivity contribution >= 4 is 23.2 Å². The number of carbonyl (C=O) groups is 2. The zero-order valence-electron chi connectivity index (χ0n) is 9.73. The number of nitrogens with zero attached hydrogens (tertiary/aromatic N) is 1. The van der Waals surface area contributed by atoms with E-state index in [0.29, 0.717) is 17.8 Å². The Morgan fingerprint density at radius 3 is 2.76 bits per heavy atom. The topological polar surface area (TPSA) is 79.3 Å². The Morgan fingerprint density at radius 1 is 1.41 bits per heavy atom. The van der Waals surface area contributed by atoms with Crippen molar-refractivity contribution in [1.82, 2.24) is 10.3 Å².